The molecular weight excluding hydrogens is 446 g/mol. The zero-order valence-electron chi connectivity index (χ0n) is 15.8. The number of hydrazine groups is 1. The monoisotopic (exact) mass is 465 g/mol. The van der Waals surface area contributed by atoms with Gasteiger partial charge in [0.1, 0.15) is 11.5 Å². The second-order valence-corrected chi connectivity index (χ2v) is 7.12. The van der Waals surface area contributed by atoms with Crippen LogP contribution in [-0.4, -0.2) is 30.0 Å². The number of nitro groups is 1. The van der Waals surface area contributed by atoms with Crippen molar-refractivity contribution in [2.75, 3.05) is 13.2 Å². The number of non-ortho nitro benzene ring substituents is 1. The molecule has 0 atom stereocenters. The summed E-state index contributed by atoms with van der Waals surface area (Å²) in [5, 5.41) is 10.6. The van der Waals surface area contributed by atoms with Gasteiger partial charge >= 0.3 is 0 Å². The number of rotatable bonds is 8. The van der Waals surface area contributed by atoms with Crippen LogP contribution in [0.5, 0.6) is 11.5 Å². The molecule has 2 aromatic carbocycles. The number of hydrogen-bond donors (Lipinski definition) is 2. The predicted octanol–water partition coefficient (Wildman–Crippen LogP) is 3.09. The number of ether oxygens (including phenoxy) is 2. The molecule has 29 heavy (non-hydrogen) atoms. The van der Waals surface area contributed by atoms with Gasteiger partial charge in [-0.2, -0.15) is 0 Å². The molecular formula is C19H20BrN3O6. The van der Waals surface area contributed by atoms with Crippen LogP contribution in [0, 0.1) is 10.1 Å². The Hall–Kier alpha value is -3.14. The summed E-state index contributed by atoms with van der Waals surface area (Å²) < 4.78 is 11.3. The Morgan fingerprint density at radius 1 is 1.03 bits per heavy atom. The minimum Gasteiger partial charge on any atom is -0.484 e. The molecule has 9 nitrogen and oxygen atoms in total. The largest absolute Gasteiger partial charge is 0.484 e. The van der Waals surface area contributed by atoms with E-state index in [0.29, 0.717) is 11.7 Å². The van der Waals surface area contributed by atoms with Gasteiger partial charge in [-0.3, -0.25) is 30.6 Å². The van der Waals surface area contributed by atoms with Crippen molar-refractivity contribution < 1.29 is 24.0 Å². The number of benzene rings is 2. The second-order valence-electron chi connectivity index (χ2n) is 6.27. The van der Waals surface area contributed by atoms with Crippen LogP contribution in [0.25, 0.3) is 0 Å². The zero-order valence-corrected chi connectivity index (χ0v) is 17.4. The van der Waals surface area contributed by atoms with Gasteiger partial charge < -0.3 is 9.47 Å². The van der Waals surface area contributed by atoms with E-state index in [1.165, 1.54) is 24.3 Å². The standard InChI is InChI=1S/C19H20BrN3O6/c1-12(2)13-3-8-17(16(20)9-13)29-11-19(25)22-21-18(24)10-28-15-6-4-14(5-7-15)23(26)27/h3-9,12H,10-11H2,1-2H3,(H,21,24)(H,22,25). The van der Waals surface area contributed by atoms with Crippen molar-refractivity contribution in [3.63, 3.8) is 0 Å². The molecule has 0 saturated heterocycles. The Bertz CT molecular complexity index is 886. The van der Waals surface area contributed by atoms with E-state index in [2.05, 4.69) is 40.6 Å². The normalized spacial score (nSPS) is 10.3. The number of carbonyl (C=O) groups excluding carboxylic acids is 2. The van der Waals surface area contributed by atoms with Gasteiger partial charge in [-0.25, -0.2) is 0 Å². The Labute approximate surface area is 175 Å². The summed E-state index contributed by atoms with van der Waals surface area (Å²) >= 11 is 3.40. The highest BCUT2D eigenvalue weighted by atomic mass is 79.9. The molecule has 2 N–H and O–H groups in total. The summed E-state index contributed by atoms with van der Waals surface area (Å²) in [5.41, 5.74) is 5.46. The summed E-state index contributed by atoms with van der Waals surface area (Å²) in [7, 11) is 0. The van der Waals surface area contributed by atoms with E-state index >= 15 is 0 Å². The van der Waals surface area contributed by atoms with E-state index in [1.54, 1.807) is 6.07 Å². The maximum absolute atomic E-state index is 11.8. The van der Waals surface area contributed by atoms with Crippen LogP contribution in [0.15, 0.2) is 46.9 Å². The third-order valence-corrected chi connectivity index (χ3v) is 4.36. The van der Waals surface area contributed by atoms with Gasteiger partial charge in [0.15, 0.2) is 13.2 Å². The highest BCUT2D eigenvalue weighted by molar-refractivity contribution is 9.10. The van der Waals surface area contributed by atoms with Crippen molar-refractivity contribution in [3.05, 3.63) is 62.6 Å². The fourth-order valence-electron chi connectivity index (χ4n) is 2.16. The average Bonchev–Trinajstić information content (AvgIpc) is 2.69. The van der Waals surface area contributed by atoms with Gasteiger partial charge in [0.25, 0.3) is 17.5 Å². The summed E-state index contributed by atoms with van der Waals surface area (Å²) in [6.07, 6.45) is 0. The Morgan fingerprint density at radius 3 is 2.14 bits per heavy atom. The average molecular weight is 466 g/mol. The lowest BCUT2D eigenvalue weighted by Crippen LogP contribution is -2.45. The van der Waals surface area contributed by atoms with Gasteiger partial charge in [-0.15, -0.1) is 0 Å². The van der Waals surface area contributed by atoms with Gasteiger partial charge in [0.05, 0.1) is 9.40 Å². The number of nitrogens with one attached hydrogen (secondary N) is 2. The molecule has 2 amide bonds. The van der Waals surface area contributed by atoms with Crippen LogP contribution in [-0.2, 0) is 9.59 Å². The van der Waals surface area contributed by atoms with Crippen LogP contribution in [0.3, 0.4) is 0 Å². The Kier molecular flexibility index (Phi) is 7.96. The molecule has 0 spiro atoms. The Morgan fingerprint density at radius 2 is 1.62 bits per heavy atom. The molecule has 0 aliphatic rings. The maximum Gasteiger partial charge on any atom is 0.276 e. The number of hydrogen-bond acceptors (Lipinski definition) is 6. The van der Waals surface area contributed by atoms with E-state index in [0.717, 1.165) is 10.0 Å². The van der Waals surface area contributed by atoms with Crippen molar-refractivity contribution in [1.82, 2.24) is 10.9 Å². The van der Waals surface area contributed by atoms with Crippen LogP contribution < -0.4 is 20.3 Å². The second kappa shape index (κ2) is 10.4. The molecule has 2 aromatic rings. The van der Waals surface area contributed by atoms with E-state index < -0.39 is 16.7 Å². The molecule has 10 heteroatoms. The van der Waals surface area contributed by atoms with Crippen LogP contribution in [0.4, 0.5) is 5.69 Å². The first-order valence-electron chi connectivity index (χ1n) is 8.63. The lowest BCUT2D eigenvalue weighted by Gasteiger charge is -2.12. The molecule has 154 valence electrons. The molecule has 0 bridgehead atoms. The van der Waals surface area contributed by atoms with E-state index in [1.807, 2.05) is 12.1 Å². The smallest absolute Gasteiger partial charge is 0.276 e. The van der Waals surface area contributed by atoms with Gasteiger partial charge in [0, 0.05) is 12.1 Å². The van der Waals surface area contributed by atoms with Crippen LogP contribution in [0.2, 0.25) is 0 Å². The summed E-state index contributed by atoms with van der Waals surface area (Å²) in [5.74, 6) is 0.0206. The fourth-order valence-corrected chi connectivity index (χ4v) is 2.67. The topological polar surface area (TPSA) is 120 Å². The quantitative estimate of drug-likeness (QED) is 0.456. The maximum atomic E-state index is 11.8. The van der Waals surface area contributed by atoms with E-state index in [-0.39, 0.29) is 24.7 Å². The predicted molar refractivity (Wildman–Crippen MR) is 109 cm³/mol. The van der Waals surface area contributed by atoms with Crippen LogP contribution in [0.1, 0.15) is 25.3 Å². The number of nitrogens with zero attached hydrogens (tertiary/aromatic N) is 1. The molecule has 0 heterocycles. The lowest BCUT2D eigenvalue weighted by atomic mass is 10.0. The number of carbonyl (C=O) groups is 2. The number of nitro benzene ring substituents is 1. The van der Waals surface area contributed by atoms with Gasteiger partial charge in [-0.1, -0.05) is 19.9 Å². The van der Waals surface area contributed by atoms with Crippen LogP contribution >= 0.6 is 15.9 Å². The fraction of sp³-hybridized carbons (Fsp3) is 0.263. The molecule has 0 fully saturated rings. The minimum absolute atomic E-state index is 0.0838. The third-order valence-electron chi connectivity index (χ3n) is 3.74. The van der Waals surface area contributed by atoms with Gasteiger partial charge in [0.2, 0.25) is 0 Å². The molecule has 0 aromatic heterocycles. The van der Waals surface area contributed by atoms with Crippen molar-refractivity contribution in [3.8, 4) is 11.5 Å². The van der Waals surface area contributed by atoms with Crippen molar-refractivity contribution in [1.29, 1.82) is 0 Å². The first-order chi connectivity index (χ1) is 13.8. The van der Waals surface area contributed by atoms with Gasteiger partial charge in [-0.05, 0) is 51.7 Å². The van der Waals surface area contributed by atoms with E-state index in [4.69, 9.17) is 9.47 Å². The summed E-state index contributed by atoms with van der Waals surface area (Å²) in [6.45, 7) is 3.48. The molecule has 0 saturated carbocycles. The molecule has 0 aliphatic heterocycles. The highest BCUT2D eigenvalue weighted by Gasteiger charge is 2.10. The SMILES string of the molecule is CC(C)c1ccc(OCC(=O)NNC(=O)COc2ccc([N+](=O)[O-])cc2)c(Br)c1. The Balaban J connectivity index is 1.71. The first-order valence-corrected chi connectivity index (χ1v) is 9.42. The third kappa shape index (κ3) is 7.07. The zero-order chi connectivity index (χ0) is 21.4. The molecule has 2 rings (SSSR count). The van der Waals surface area contributed by atoms with Crippen molar-refractivity contribution >= 4 is 33.4 Å². The summed E-state index contributed by atoms with van der Waals surface area (Å²) in [6, 6.07) is 10.9. The minimum atomic E-state index is -0.598. The lowest BCUT2D eigenvalue weighted by molar-refractivity contribution is -0.384. The molecule has 0 unspecified atom stereocenters. The number of amides is 2. The number of halogens is 1. The molecule has 0 aliphatic carbocycles. The van der Waals surface area contributed by atoms with Crippen molar-refractivity contribution in [2.24, 2.45) is 0 Å². The van der Waals surface area contributed by atoms with E-state index in [9.17, 15) is 19.7 Å². The highest BCUT2D eigenvalue weighted by Crippen LogP contribution is 2.28. The summed E-state index contributed by atoms with van der Waals surface area (Å²) in [4.78, 5) is 33.6. The first kappa shape index (κ1) is 22.2. The molecule has 0 radical (unpaired) electrons. The van der Waals surface area contributed by atoms with Crippen molar-refractivity contribution in [2.45, 2.75) is 19.8 Å².